The number of aromatic nitrogens is 1. The molecule has 0 fully saturated rings. The van der Waals surface area contributed by atoms with Crippen LogP contribution in [0.4, 0.5) is 0 Å². The maximum atomic E-state index is 9.16. The van der Waals surface area contributed by atoms with Gasteiger partial charge in [-0.3, -0.25) is 0 Å². The maximum absolute atomic E-state index is 9.16. The van der Waals surface area contributed by atoms with Crippen molar-refractivity contribution in [1.82, 2.24) is 9.88 Å². The number of hydrogen-bond acceptors (Lipinski definition) is 3. The molecule has 4 heteroatoms. The summed E-state index contributed by atoms with van der Waals surface area (Å²) in [6.07, 6.45) is 1.93. The number of nitriles is 1. The number of aliphatic hydroxyl groups is 1. The van der Waals surface area contributed by atoms with Crippen LogP contribution in [0, 0.1) is 17.2 Å². The molecule has 2 N–H and O–H groups in total. The van der Waals surface area contributed by atoms with Gasteiger partial charge in [0.25, 0.3) is 0 Å². The van der Waals surface area contributed by atoms with Gasteiger partial charge in [-0.2, -0.15) is 5.26 Å². The van der Waals surface area contributed by atoms with Crippen molar-refractivity contribution in [2.24, 2.45) is 13.0 Å². The van der Waals surface area contributed by atoms with Crippen molar-refractivity contribution in [3.8, 4) is 6.07 Å². The molecular weight excluding hydrogens is 202 g/mol. The fourth-order valence-corrected chi connectivity index (χ4v) is 1.60. The van der Waals surface area contributed by atoms with Gasteiger partial charge in [-0.25, -0.2) is 0 Å². The Bertz CT molecular complexity index is 376. The van der Waals surface area contributed by atoms with E-state index >= 15 is 0 Å². The highest BCUT2D eigenvalue weighted by Gasteiger charge is 2.11. The number of rotatable bonds is 5. The highest BCUT2D eigenvalue weighted by molar-refractivity contribution is 5.28. The second-order valence-electron chi connectivity index (χ2n) is 4.37. The number of aliphatic hydroxyl groups excluding tert-OH is 1. The molecule has 0 aliphatic rings. The zero-order valence-electron chi connectivity index (χ0n) is 10.1. The molecule has 0 spiro atoms. The van der Waals surface area contributed by atoms with Crippen molar-refractivity contribution in [3.05, 3.63) is 23.5 Å². The van der Waals surface area contributed by atoms with Crippen molar-refractivity contribution in [2.75, 3.05) is 6.61 Å². The summed E-state index contributed by atoms with van der Waals surface area (Å²) in [7, 11) is 1.86. The Hall–Kier alpha value is -1.31. The first-order valence-corrected chi connectivity index (χ1v) is 5.48. The van der Waals surface area contributed by atoms with E-state index < -0.39 is 0 Å². The first-order valence-electron chi connectivity index (χ1n) is 5.48. The largest absolute Gasteiger partial charge is 0.395 e. The van der Waals surface area contributed by atoms with E-state index in [9.17, 15) is 0 Å². The highest BCUT2D eigenvalue weighted by Crippen LogP contribution is 2.07. The molecule has 0 aliphatic heterocycles. The molecule has 0 aliphatic carbocycles. The number of nitrogens with zero attached hydrogens (tertiary/aromatic N) is 2. The summed E-state index contributed by atoms with van der Waals surface area (Å²) in [5.74, 6) is 0.393. The molecule has 1 unspecified atom stereocenters. The summed E-state index contributed by atoms with van der Waals surface area (Å²) in [6, 6.07) is 4.09. The summed E-state index contributed by atoms with van der Waals surface area (Å²) in [5.41, 5.74) is 1.72. The Morgan fingerprint density at radius 1 is 1.56 bits per heavy atom. The van der Waals surface area contributed by atoms with E-state index in [1.54, 1.807) is 4.57 Å². The highest BCUT2D eigenvalue weighted by atomic mass is 16.3. The fraction of sp³-hybridized carbons (Fsp3) is 0.583. The first-order chi connectivity index (χ1) is 7.58. The lowest BCUT2D eigenvalue weighted by atomic mass is 10.1. The maximum Gasteiger partial charge on any atom is 0.120 e. The van der Waals surface area contributed by atoms with E-state index in [2.05, 4.69) is 25.2 Å². The Balaban J connectivity index is 2.57. The normalized spacial score (nSPS) is 12.8. The van der Waals surface area contributed by atoms with E-state index in [1.165, 1.54) is 0 Å². The van der Waals surface area contributed by atoms with Gasteiger partial charge in [0, 0.05) is 25.8 Å². The minimum absolute atomic E-state index is 0.103. The molecule has 0 saturated carbocycles. The molecule has 0 saturated heterocycles. The van der Waals surface area contributed by atoms with Gasteiger partial charge in [0.15, 0.2) is 0 Å². The standard InChI is InChI=1S/C12H19N3O/c1-9(2)12(8-16)14-6-10-4-11(5-13)15(3)7-10/h4,7,9,12,14,16H,6,8H2,1-3H3. The van der Waals surface area contributed by atoms with Crippen LogP contribution in [-0.2, 0) is 13.6 Å². The van der Waals surface area contributed by atoms with Crippen molar-refractivity contribution < 1.29 is 5.11 Å². The smallest absolute Gasteiger partial charge is 0.120 e. The monoisotopic (exact) mass is 221 g/mol. The van der Waals surface area contributed by atoms with Gasteiger partial charge >= 0.3 is 0 Å². The molecule has 16 heavy (non-hydrogen) atoms. The van der Waals surface area contributed by atoms with Crippen LogP contribution in [0.15, 0.2) is 12.3 Å². The van der Waals surface area contributed by atoms with Crippen molar-refractivity contribution >= 4 is 0 Å². The lowest BCUT2D eigenvalue weighted by Crippen LogP contribution is -2.36. The second kappa shape index (κ2) is 5.69. The zero-order chi connectivity index (χ0) is 12.1. The van der Waals surface area contributed by atoms with Crippen LogP contribution in [0.25, 0.3) is 0 Å². The molecule has 0 radical (unpaired) electrons. The third-order valence-corrected chi connectivity index (χ3v) is 2.75. The Morgan fingerprint density at radius 3 is 2.69 bits per heavy atom. The molecular formula is C12H19N3O. The van der Waals surface area contributed by atoms with Crippen molar-refractivity contribution in [1.29, 1.82) is 5.26 Å². The van der Waals surface area contributed by atoms with E-state index in [0.29, 0.717) is 18.2 Å². The van der Waals surface area contributed by atoms with Crippen LogP contribution in [0.1, 0.15) is 25.1 Å². The first kappa shape index (κ1) is 12.8. The van der Waals surface area contributed by atoms with Gasteiger partial charge in [-0.15, -0.1) is 0 Å². The average molecular weight is 221 g/mol. The summed E-state index contributed by atoms with van der Waals surface area (Å²) in [6.45, 7) is 4.95. The molecule has 1 aromatic rings. The average Bonchev–Trinajstić information content (AvgIpc) is 2.59. The Morgan fingerprint density at radius 2 is 2.25 bits per heavy atom. The van der Waals surface area contributed by atoms with Crippen LogP contribution in [0.5, 0.6) is 0 Å². The molecule has 0 amide bonds. The van der Waals surface area contributed by atoms with Gasteiger partial charge < -0.3 is 15.0 Å². The molecule has 1 atom stereocenters. The number of nitrogens with one attached hydrogen (secondary N) is 1. The molecule has 0 bridgehead atoms. The fourth-order valence-electron chi connectivity index (χ4n) is 1.60. The molecule has 0 aromatic carbocycles. The van der Waals surface area contributed by atoms with Gasteiger partial charge in [-0.05, 0) is 17.5 Å². The van der Waals surface area contributed by atoms with Crippen LogP contribution in [0.2, 0.25) is 0 Å². The van der Waals surface area contributed by atoms with Crippen LogP contribution in [0.3, 0.4) is 0 Å². The zero-order valence-corrected chi connectivity index (χ0v) is 10.1. The minimum Gasteiger partial charge on any atom is -0.395 e. The van der Waals surface area contributed by atoms with Crippen LogP contribution >= 0.6 is 0 Å². The number of hydrogen-bond donors (Lipinski definition) is 2. The predicted molar refractivity (Wildman–Crippen MR) is 62.7 cm³/mol. The number of aryl methyl sites for hydroxylation is 1. The Labute approximate surface area is 96.5 Å². The van der Waals surface area contributed by atoms with Gasteiger partial charge in [0.05, 0.1) is 6.61 Å². The lowest BCUT2D eigenvalue weighted by molar-refractivity contribution is 0.210. The third kappa shape index (κ3) is 3.09. The quantitative estimate of drug-likeness (QED) is 0.780. The van der Waals surface area contributed by atoms with E-state index in [1.807, 2.05) is 19.3 Å². The lowest BCUT2D eigenvalue weighted by Gasteiger charge is -2.19. The third-order valence-electron chi connectivity index (χ3n) is 2.75. The molecule has 4 nitrogen and oxygen atoms in total. The SMILES string of the molecule is CC(C)C(CO)NCc1cc(C#N)n(C)c1. The Kier molecular flexibility index (Phi) is 4.53. The summed E-state index contributed by atoms with van der Waals surface area (Å²) >= 11 is 0. The van der Waals surface area contributed by atoms with E-state index in [-0.39, 0.29) is 12.6 Å². The molecule has 1 heterocycles. The van der Waals surface area contributed by atoms with E-state index in [4.69, 9.17) is 10.4 Å². The minimum atomic E-state index is 0.103. The predicted octanol–water partition coefficient (Wildman–Crippen LogP) is 1.00. The van der Waals surface area contributed by atoms with Gasteiger partial charge in [-0.1, -0.05) is 13.8 Å². The summed E-state index contributed by atoms with van der Waals surface area (Å²) in [4.78, 5) is 0. The summed E-state index contributed by atoms with van der Waals surface area (Å²) in [5, 5.41) is 21.2. The second-order valence-corrected chi connectivity index (χ2v) is 4.37. The molecule has 1 aromatic heterocycles. The summed E-state index contributed by atoms with van der Waals surface area (Å²) < 4.78 is 1.81. The van der Waals surface area contributed by atoms with E-state index in [0.717, 1.165) is 5.56 Å². The van der Waals surface area contributed by atoms with Crippen LogP contribution in [-0.4, -0.2) is 22.3 Å². The van der Waals surface area contributed by atoms with Crippen molar-refractivity contribution in [3.63, 3.8) is 0 Å². The van der Waals surface area contributed by atoms with Crippen molar-refractivity contribution in [2.45, 2.75) is 26.4 Å². The molecule has 88 valence electrons. The van der Waals surface area contributed by atoms with Crippen LogP contribution < -0.4 is 5.32 Å². The van der Waals surface area contributed by atoms with Gasteiger partial charge in [0.1, 0.15) is 11.8 Å². The van der Waals surface area contributed by atoms with Gasteiger partial charge in [0.2, 0.25) is 0 Å². The topological polar surface area (TPSA) is 61.0 Å². The molecule has 1 rings (SSSR count).